The van der Waals surface area contributed by atoms with Crippen LogP contribution in [0.2, 0.25) is 0 Å². The normalized spacial score (nSPS) is 30.8. The van der Waals surface area contributed by atoms with Gasteiger partial charge in [-0.3, -0.25) is 9.59 Å². The Bertz CT molecular complexity index is 1020. The molecule has 0 radical (unpaired) electrons. The molecule has 2 amide bonds. The van der Waals surface area contributed by atoms with Crippen molar-refractivity contribution in [1.82, 2.24) is 10.2 Å². The van der Waals surface area contributed by atoms with Crippen LogP contribution in [0.1, 0.15) is 71.0 Å². The van der Waals surface area contributed by atoms with Gasteiger partial charge >= 0.3 is 0 Å². The van der Waals surface area contributed by atoms with Crippen LogP contribution in [-0.4, -0.2) is 71.7 Å². The summed E-state index contributed by atoms with van der Waals surface area (Å²) in [4.78, 5) is 29.1. The summed E-state index contributed by atoms with van der Waals surface area (Å²) in [5.41, 5.74) is 2.12. The van der Waals surface area contributed by atoms with E-state index in [-0.39, 0.29) is 17.4 Å². The number of nitrogens with zero attached hydrogens (tertiary/aromatic N) is 1. The Morgan fingerprint density at radius 3 is 2.68 bits per heavy atom. The summed E-state index contributed by atoms with van der Waals surface area (Å²) >= 11 is 0. The van der Waals surface area contributed by atoms with E-state index in [2.05, 4.69) is 32.2 Å². The topological polar surface area (TPSA) is 97.3 Å². The molecule has 0 aromatic heterocycles. The fraction of sp³-hybridized carbons (Fsp3) is 0.655. The van der Waals surface area contributed by atoms with Crippen LogP contribution < -0.4 is 5.32 Å². The summed E-state index contributed by atoms with van der Waals surface area (Å²) in [5.74, 6) is -1.62. The Morgan fingerprint density at radius 1 is 1.24 bits per heavy atom. The van der Waals surface area contributed by atoms with Gasteiger partial charge in [-0.2, -0.15) is 0 Å². The second-order valence-corrected chi connectivity index (χ2v) is 11.9. The van der Waals surface area contributed by atoms with Gasteiger partial charge in [0.15, 0.2) is 11.9 Å². The minimum Gasteiger partial charge on any atom is -0.387 e. The summed E-state index contributed by atoms with van der Waals surface area (Å²) in [6.07, 6.45) is 3.20. The van der Waals surface area contributed by atoms with Gasteiger partial charge in [0.2, 0.25) is 5.91 Å². The number of fused-ring (bicyclic) bond motifs is 3. The summed E-state index contributed by atoms with van der Waals surface area (Å²) in [7, 11) is 1.41. The maximum atomic E-state index is 13.6. The lowest BCUT2D eigenvalue weighted by molar-refractivity contribution is -0.334. The van der Waals surface area contributed by atoms with E-state index in [1.54, 1.807) is 13.8 Å². The SMILES string of the molecule is CO[C@@H](C(=O)N[C@H]1Cc2ccccc2C2CCCCN2C1=O)[C@@H]1OC(C)(C)O[C@H](/C=C/C(C)(C)C)[C@@H]1O. The second-order valence-electron chi connectivity index (χ2n) is 11.9. The smallest absolute Gasteiger partial charge is 0.252 e. The number of amides is 2. The monoisotopic (exact) mass is 514 g/mol. The Morgan fingerprint density at radius 2 is 1.97 bits per heavy atom. The van der Waals surface area contributed by atoms with Crippen molar-refractivity contribution in [2.75, 3.05) is 13.7 Å². The van der Waals surface area contributed by atoms with Gasteiger partial charge in [0.1, 0.15) is 24.4 Å². The van der Waals surface area contributed by atoms with Crippen LogP contribution in [0.25, 0.3) is 0 Å². The molecule has 3 aliphatic heterocycles. The third kappa shape index (κ3) is 6.25. The van der Waals surface area contributed by atoms with Crippen molar-refractivity contribution in [2.24, 2.45) is 5.41 Å². The number of methoxy groups -OCH3 is 1. The molecule has 3 heterocycles. The first-order valence-electron chi connectivity index (χ1n) is 13.3. The largest absolute Gasteiger partial charge is 0.387 e. The van der Waals surface area contributed by atoms with Gasteiger partial charge in [0, 0.05) is 20.1 Å². The van der Waals surface area contributed by atoms with Gasteiger partial charge in [0.25, 0.3) is 5.91 Å². The van der Waals surface area contributed by atoms with Crippen molar-refractivity contribution in [3.63, 3.8) is 0 Å². The van der Waals surface area contributed by atoms with E-state index < -0.39 is 42.2 Å². The number of ether oxygens (including phenoxy) is 3. The zero-order valence-corrected chi connectivity index (χ0v) is 22.9. The maximum absolute atomic E-state index is 13.6. The van der Waals surface area contributed by atoms with E-state index in [0.717, 1.165) is 30.4 Å². The average molecular weight is 515 g/mol. The molecular weight excluding hydrogens is 472 g/mol. The Labute approximate surface area is 220 Å². The van der Waals surface area contributed by atoms with Crippen molar-refractivity contribution >= 4 is 11.8 Å². The van der Waals surface area contributed by atoms with Crippen molar-refractivity contribution in [3.05, 3.63) is 47.5 Å². The predicted octanol–water partition coefficient (Wildman–Crippen LogP) is 3.28. The molecule has 2 N–H and O–H groups in total. The van der Waals surface area contributed by atoms with Gasteiger partial charge in [-0.05, 0) is 49.7 Å². The number of aliphatic hydroxyl groups excluding tert-OH is 1. The summed E-state index contributed by atoms with van der Waals surface area (Å²) < 4.78 is 17.6. The third-order valence-corrected chi connectivity index (χ3v) is 7.35. The second kappa shape index (κ2) is 10.8. The highest BCUT2D eigenvalue weighted by molar-refractivity contribution is 5.90. The minimum atomic E-state index is -1.14. The molecule has 6 atom stereocenters. The highest BCUT2D eigenvalue weighted by Crippen LogP contribution is 2.36. The van der Waals surface area contributed by atoms with Crippen molar-refractivity contribution in [2.45, 2.75) is 103 Å². The Hall–Kier alpha value is -2.26. The number of piperidine rings is 1. The van der Waals surface area contributed by atoms with E-state index in [1.165, 1.54) is 7.11 Å². The van der Waals surface area contributed by atoms with E-state index >= 15 is 0 Å². The number of nitrogens with one attached hydrogen (secondary N) is 1. The van der Waals surface area contributed by atoms with Crippen LogP contribution in [0.4, 0.5) is 0 Å². The number of carbonyl (C=O) groups excluding carboxylic acids is 2. The van der Waals surface area contributed by atoms with E-state index in [4.69, 9.17) is 14.2 Å². The van der Waals surface area contributed by atoms with Crippen LogP contribution in [0.3, 0.4) is 0 Å². The van der Waals surface area contributed by atoms with Gasteiger partial charge < -0.3 is 29.5 Å². The molecule has 8 nitrogen and oxygen atoms in total. The van der Waals surface area contributed by atoms with E-state index in [0.29, 0.717) is 13.0 Å². The molecule has 3 aliphatic rings. The van der Waals surface area contributed by atoms with Crippen LogP contribution in [0, 0.1) is 5.41 Å². The van der Waals surface area contributed by atoms with Crippen molar-refractivity contribution in [1.29, 1.82) is 0 Å². The zero-order valence-electron chi connectivity index (χ0n) is 22.9. The summed E-state index contributed by atoms with van der Waals surface area (Å²) in [6, 6.07) is 7.41. The van der Waals surface area contributed by atoms with Crippen LogP contribution >= 0.6 is 0 Å². The quantitative estimate of drug-likeness (QED) is 0.586. The first kappa shape index (κ1) is 27.8. The summed E-state index contributed by atoms with van der Waals surface area (Å²) in [6.45, 7) is 10.3. The molecule has 204 valence electrons. The van der Waals surface area contributed by atoms with E-state index in [1.807, 2.05) is 35.3 Å². The van der Waals surface area contributed by atoms with Crippen LogP contribution in [0.5, 0.6) is 0 Å². The molecule has 2 fully saturated rings. The Kier molecular flexibility index (Phi) is 8.14. The van der Waals surface area contributed by atoms with E-state index in [9.17, 15) is 14.7 Å². The molecule has 1 aromatic rings. The number of hydrogen-bond acceptors (Lipinski definition) is 6. The average Bonchev–Trinajstić information content (AvgIpc) is 2.95. The van der Waals surface area contributed by atoms with Crippen molar-refractivity contribution in [3.8, 4) is 0 Å². The molecular formula is C29H42N2O6. The predicted molar refractivity (Wildman–Crippen MR) is 140 cm³/mol. The molecule has 1 unspecified atom stereocenters. The molecule has 0 spiro atoms. The lowest BCUT2D eigenvalue weighted by Crippen LogP contribution is -2.62. The fourth-order valence-corrected chi connectivity index (χ4v) is 5.62. The zero-order chi connectivity index (χ0) is 27.0. The number of rotatable bonds is 5. The molecule has 1 aromatic carbocycles. The molecule has 0 aliphatic carbocycles. The number of carbonyl (C=O) groups is 2. The molecule has 4 rings (SSSR count). The highest BCUT2D eigenvalue weighted by Gasteiger charge is 2.48. The van der Waals surface area contributed by atoms with Gasteiger partial charge in [0.05, 0.1) is 6.04 Å². The molecule has 0 saturated carbocycles. The molecule has 0 bridgehead atoms. The number of aliphatic hydroxyl groups is 1. The fourth-order valence-electron chi connectivity index (χ4n) is 5.62. The molecule has 37 heavy (non-hydrogen) atoms. The van der Waals surface area contributed by atoms with Crippen molar-refractivity contribution < 1.29 is 28.9 Å². The first-order valence-corrected chi connectivity index (χ1v) is 13.3. The van der Waals surface area contributed by atoms with Crippen LogP contribution in [-0.2, 0) is 30.2 Å². The lowest BCUT2D eigenvalue weighted by atomic mass is 9.92. The standard InChI is InChI=1S/C29H42N2O6/c1-28(2,3)15-14-22-23(32)24(37-29(4,5)36-22)25(35-6)26(33)30-20-17-18-11-7-8-12-19(18)21-13-9-10-16-31(21)27(20)34/h7-8,11-12,14-15,20-25,32H,9-10,13,16-17H2,1-6H3,(H,30,33)/b15-14+/t20-,21?,22+,23-,24+,25+/m0/s1. The van der Waals surface area contributed by atoms with Gasteiger partial charge in [-0.15, -0.1) is 0 Å². The number of allylic oxidation sites excluding steroid dienone is 1. The Balaban J connectivity index is 1.56. The highest BCUT2D eigenvalue weighted by atomic mass is 16.7. The van der Waals surface area contributed by atoms with Gasteiger partial charge in [-0.1, -0.05) is 57.2 Å². The maximum Gasteiger partial charge on any atom is 0.252 e. The molecule has 8 heteroatoms. The number of benzene rings is 1. The lowest BCUT2D eigenvalue weighted by Gasteiger charge is -2.45. The first-order chi connectivity index (χ1) is 17.4. The third-order valence-electron chi connectivity index (χ3n) is 7.35. The molecule has 2 saturated heterocycles. The number of hydrogen-bond donors (Lipinski definition) is 2. The van der Waals surface area contributed by atoms with Gasteiger partial charge in [-0.25, -0.2) is 0 Å². The van der Waals surface area contributed by atoms with Crippen LogP contribution in [0.15, 0.2) is 36.4 Å². The minimum absolute atomic E-state index is 0.0365. The summed E-state index contributed by atoms with van der Waals surface area (Å²) in [5, 5.41) is 14.1.